The van der Waals surface area contributed by atoms with Gasteiger partial charge < -0.3 is 10.8 Å². The molecule has 0 radical (unpaired) electrons. The van der Waals surface area contributed by atoms with E-state index in [4.69, 9.17) is 10.8 Å². The predicted molar refractivity (Wildman–Crippen MR) is 42.7 cm³/mol. The molecule has 0 bridgehead atoms. The summed E-state index contributed by atoms with van der Waals surface area (Å²) in [7, 11) is 0. The van der Waals surface area contributed by atoms with Crippen LogP contribution in [0.3, 0.4) is 0 Å². The van der Waals surface area contributed by atoms with Crippen LogP contribution in [0.5, 0.6) is 0 Å². The smallest absolute Gasteiger partial charge is 0.0431 e. The molecule has 1 unspecified atom stereocenters. The fourth-order valence-corrected chi connectivity index (χ4v) is 1.23. The Bertz CT molecular complexity index is 61.0. The van der Waals surface area contributed by atoms with Gasteiger partial charge in [0.15, 0.2) is 0 Å². The van der Waals surface area contributed by atoms with Crippen LogP contribution in [0, 0.1) is 0 Å². The van der Waals surface area contributed by atoms with Gasteiger partial charge in [-0.25, -0.2) is 0 Å². The first-order valence-electron chi connectivity index (χ1n) is 3.26. The van der Waals surface area contributed by atoms with Crippen LogP contribution in [-0.4, -0.2) is 23.1 Å². The molecule has 9 heavy (non-hydrogen) atoms. The molecule has 0 amide bonds. The van der Waals surface area contributed by atoms with Crippen LogP contribution >= 0.6 is 15.9 Å². The molecule has 0 fully saturated rings. The second-order valence-corrected chi connectivity index (χ2v) is 3.34. The fourth-order valence-electron chi connectivity index (χ4n) is 0.638. The third-order valence-electron chi connectivity index (χ3n) is 1.16. The minimum Gasteiger partial charge on any atom is -0.396 e. The quantitative estimate of drug-likeness (QED) is 0.641. The van der Waals surface area contributed by atoms with Crippen LogP contribution in [0.1, 0.15) is 19.3 Å². The van der Waals surface area contributed by atoms with Gasteiger partial charge in [-0.1, -0.05) is 15.9 Å². The lowest BCUT2D eigenvalue weighted by Crippen LogP contribution is -2.08. The topological polar surface area (TPSA) is 46.2 Å². The van der Waals surface area contributed by atoms with E-state index in [0.717, 1.165) is 25.8 Å². The number of nitrogens with two attached hydrogens (primary N) is 1. The van der Waals surface area contributed by atoms with Crippen molar-refractivity contribution in [3.63, 3.8) is 0 Å². The monoisotopic (exact) mass is 195 g/mol. The second kappa shape index (κ2) is 6.52. The number of halogens is 1. The molecule has 0 aromatic carbocycles. The predicted octanol–water partition coefficient (Wildman–Crippen LogP) is 0.871. The second-order valence-electron chi connectivity index (χ2n) is 2.04. The molecule has 1 atom stereocenters. The van der Waals surface area contributed by atoms with E-state index in [-0.39, 0.29) is 6.61 Å². The van der Waals surface area contributed by atoms with Crippen molar-refractivity contribution in [2.75, 3.05) is 13.2 Å². The number of hydrogen-bond donors (Lipinski definition) is 2. The van der Waals surface area contributed by atoms with E-state index in [1.165, 1.54) is 0 Å². The van der Waals surface area contributed by atoms with Crippen LogP contribution in [0.4, 0.5) is 0 Å². The lowest BCUT2D eigenvalue weighted by molar-refractivity contribution is 0.284. The molecule has 3 N–H and O–H groups in total. The van der Waals surface area contributed by atoms with Gasteiger partial charge in [-0.05, 0) is 25.8 Å². The van der Waals surface area contributed by atoms with Gasteiger partial charge in [0.25, 0.3) is 0 Å². The number of aliphatic hydroxyl groups excluding tert-OH is 1. The summed E-state index contributed by atoms with van der Waals surface area (Å²) in [6.45, 7) is 1.01. The van der Waals surface area contributed by atoms with Gasteiger partial charge in [-0.2, -0.15) is 0 Å². The summed E-state index contributed by atoms with van der Waals surface area (Å²) in [5.74, 6) is 0. The van der Waals surface area contributed by atoms with Crippen molar-refractivity contribution in [3.8, 4) is 0 Å². The zero-order valence-electron chi connectivity index (χ0n) is 5.52. The van der Waals surface area contributed by atoms with Gasteiger partial charge in [0.1, 0.15) is 0 Å². The van der Waals surface area contributed by atoms with Crippen molar-refractivity contribution in [2.24, 2.45) is 5.73 Å². The largest absolute Gasteiger partial charge is 0.396 e. The number of hydrogen-bond acceptors (Lipinski definition) is 2. The summed E-state index contributed by atoms with van der Waals surface area (Å²) < 4.78 is 0. The highest BCUT2D eigenvalue weighted by Gasteiger charge is 2.00. The SMILES string of the molecule is NCCC(Br)CCCO. The molecule has 0 aromatic rings. The van der Waals surface area contributed by atoms with Gasteiger partial charge in [0, 0.05) is 11.4 Å². The Labute approximate surface area is 64.6 Å². The zero-order chi connectivity index (χ0) is 7.11. The van der Waals surface area contributed by atoms with Crippen molar-refractivity contribution in [1.29, 1.82) is 0 Å². The molecule has 0 aliphatic rings. The first-order valence-corrected chi connectivity index (χ1v) is 4.17. The Morgan fingerprint density at radius 3 is 2.56 bits per heavy atom. The minimum absolute atomic E-state index is 0.284. The highest BCUT2D eigenvalue weighted by atomic mass is 79.9. The molecule has 0 aromatic heterocycles. The normalized spacial score (nSPS) is 13.7. The molecule has 0 heterocycles. The lowest BCUT2D eigenvalue weighted by atomic mass is 10.2. The summed E-state index contributed by atoms with van der Waals surface area (Å²) >= 11 is 3.45. The molecule has 0 aliphatic carbocycles. The summed E-state index contributed by atoms with van der Waals surface area (Å²) in [6.07, 6.45) is 2.89. The first-order chi connectivity index (χ1) is 4.31. The van der Waals surface area contributed by atoms with Crippen molar-refractivity contribution in [3.05, 3.63) is 0 Å². The Morgan fingerprint density at radius 2 is 2.11 bits per heavy atom. The van der Waals surface area contributed by atoms with Crippen LogP contribution in [0.25, 0.3) is 0 Å². The summed E-state index contributed by atoms with van der Waals surface area (Å²) in [5, 5.41) is 8.43. The third kappa shape index (κ3) is 6.28. The third-order valence-corrected chi connectivity index (χ3v) is 2.07. The molecule has 0 saturated carbocycles. The zero-order valence-corrected chi connectivity index (χ0v) is 7.10. The van der Waals surface area contributed by atoms with Gasteiger partial charge in [0.2, 0.25) is 0 Å². The van der Waals surface area contributed by atoms with Crippen LogP contribution in [0.2, 0.25) is 0 Å². The maximum absolute atomic E-state index is 8.43. The minimum atomic E-state index is 0.284. The number of aliphatic hydroxyl groups is 1. The van der Waals surface area contributed by atoms with E-state index >= 15 is 0 Å². The van der Waals surface area contributed by atoms with Crippen LogP contribution in [-0.2, 0) is 0 Å². The maximum Gasteiger partial charge on any atom is 0.0431 e. The molecular weight excluding hydrogens is 182 g/mol. The lowest BCUT2D eigenvalue weighted by Gasteiger charge is -2.04. The van der Waals surface area contributed by atoms with E-state index < -0.39 is 0 Å². The van der Waals surface area contributed by atoms with Gasteiger partial charge in [0.05, 0.1) is 0 Å². The average molecular weight is 196 g/mol. The van der Waals surface area contributed by atoms with E-state index in [2.05, 4.69) is 15.9 Å². The van der Waals surface area contributed by atoms with Crippen LogP contribution < -0.4 is 5.73 Å². The van der Waals surface area contributed by atoms with E-state index in [9.17, 15) is 0 Å². The summed E-state index contributed by atoms with van der Waals surface area (Å²) in [4.78, 5) is 0.495. The Kier molecular flexibility index (Phi) is 6.81. The fraction of sp³-hybridized carbons (Fsp3) is 1.00. The number of rotatable bonds is 5. The summed E-state index contributed by atoms with van der Waals surface area (Å²) in [5.41, 5.74) is 5.31. The summed E-state index contributed by atoms with van der Waals surface area (Å²) in [6, 6.07) is 0. The van der Waals surface area contributed by atoms with Gasteiger partial charge in [-0.15, -0.1) is 0 Å². The molecule has 2 nitrogen and oxygen atoms in total. The molecule has 3 heteroatoms. The first kappa shape index (κ1) is 9.40. The van der Waals surface area contributed by atoms with Crippen molar-refractivity contribution in [1.82, 2.24) is 0 Å². The van der Waals surface area contributed by atoms with Gasteiger partial charge >= 0.3 is 0 Å². The molecular formula is C6H14BrNO. The maximum atomic E-state index is 8.43. The standard InChI is InChI=1S/C6H14BrNO/c7-6(3-4-8)2-1-5-9/h6,9H,1-5,8H2. The Hall–Kier alpha value is 0.400. The Morgan fingerprint density at radius 1 is 1.44 bits per heavy atom. The highest BCUT2D eigenvalue weighted by molar-refractivity contribution is 9.09. The molecule has 0 saturated heterocycles. The van der Waals surface area contributed by atoms with Crippen LogP contribution in [0.15, 0.2) is 0 Å². The molecule has 56 valence electrons. The molecule has 0 spiro atoms. The van der Waals surface area contributed by atoms with E-state index in [1.54, 1.807) is 0 Å². The molecule has 0 aliphatic heterocycles. The van der Waals surface area contributed by atoms with Crippen molar-refractivity contribution >= 4 is 15.9 Å². The Balaban J connectivity index is 2.95. The van der Waals surface area contributed by atoms with E-state index in [0.29, 0.717) is 4.83 Å². The average Bonchev–Trinajstić information content (AvgIpc) is 1.85. The molecule has 0 rings (SSSR count). The van der Waals surface area contributed by atoms with E-state index in [1.807, 2.05) is 0 Å². The van der Waals surface area contributed by atoms with Crippen molar-refractivity contribution < 1.29 is 5.11 Å². The number of alkyl halides is 1. The van der Waals surface area contributed by atoms with Gasteiger partial charge in [-0.3, -0.25) is 0 Å². The van der Waals surface area contributed by atoms with Crippen molar-refractivity contribution in [2.45, 2.75) is 24.1 Å². The highest BCUT2D eigenvalue weighted by Crippen LogP contribution is 2.10.